The molecular formula is C23H19N3O2S2. The average molecular weight is 434 g/mol. The standard InChI is InChI=1S/C23H19N3O2S2/c1-2-28-22(27)19-18(15-9-5-3-6-10-15)20(17-13-14-24-23(29)26-17)30-21(19)25-16-11-7-4-8-12-16/h3-14,25H,2H2,1H3,(H,24,26,29). The number of carbonyl (C=O) groups excluding carboxylic acids is 1. The average Bonchev–Trinajstić information content (AvgIpc) is 3.14. The molecule has 0 saturated heterocycles. The molecule has 7 heteroatoms. The third-order valence-corrected chi connectivity index (χ3v) is 5.75. The maximum absolute atomic E-state index is 13.1. The number of para-hydroxylation sites is 1. The van der Waals surface area contributed by atoms with E-state index in [2.05, 4.69) is 15.3 Å². The highest BCUT2D eigenvalue weighted by atomic mass is 32.1. The van der Waals surface area contributed by atoms with Gasteiger partial charge < -0.3 is 15.0 Å². The van der Waals surface area contributed by atoms with Gasteiger partial charge in [0.15, 0.2) is 4.77 Å². The summed E-state index contributed by atoms with van der Waals surface area (Å²) in [5.74, 6) is -0.370. The van der Waals surface area contributed by atoms with Crippen LogP contribution in [0.5, 0.6) is 0 Å². The Balaban J connectivity index is 1.98. The predicted molar refractivity (Wildman–Crippen MR) is 124 cm³/mol. The molecule has 0 atom stereocenters. The van der Waals surface area contributed by atoms with Gasteiger partial charge in [0.25, 0.3) is 0 Å². The van der Waals surface area contributed by atoms with E-state index < -0.39 is 0 Å². The van der Waals surface area contributed by atoms with Crippen LogP contribution in [0.4, 0.5) is 10.7 Å². The molecule has 2 heterocycles. The molecule has 0 saturated carbocycles. The van der Waals surface area contributed by atoms with Crippen molar-refractivity contribution in [3.05, 3.63) is 83.3 Å². The lowest BCUT2D eigenvalue weighted by Crippen LogP contribution is -2.07. The molecule has 0 aliphatic rings. The Kier molecular flexibility index (Phi) is 6.02. The Labute approximate surface area is 183 Å². The quantitative estimate of drug-likeness (QED) is 0.270. The molecule has 0 amide bonds. The number of rotatable bonds is 6. The number of carbonyl (C=O) groups is 1. The minimum atomic E-state index is -0.370. The highest BCUT2D eigenvalue weighted by Gasteiger charge is 2.27. The van der Waals surface area contributed by atoms with E-state index in [0.29, 0.717) is 21.9 Å². The van der Waals surface area contributed by atoms with Crippen LogP contribution in [0.15, 0.2) is 72.9 Å². The maximum Gasteiger partial charge on any atom is 0.341 e. The summed E-state index contributed by atoms with van der Waals surface area (Å²) in [7, 11) is 0. The number of H-pyrrole nitrogens is 1. The molecule has 2 N–H and O–H groups in total. The van der Waals surface area contributed by atoms with Gasteiger partial charge in [0.1, 0.15) is 10.6 Å². The van der Waals surface area contributed by atoms with E-state index >= 15 is 0 Å². The van der Waals surface area contributed by atoms with E-state index in [9.17, 15) is 4.79 Å². The van der Waals surface area contributed by atoms with E-state index in [-0.39, 0.29) is 5.97 Å². The molecule has 2 aromatic carbocycles. The van der Waals surface area contributed by atoms with Crippen LogP contribution >= 0.6 is 23.6 Å². The lowest BCUT2D eigenvalue weighted by atomic mass is 10.00. The van der Waals surface area contributed by atoms with Crippen molar-refractivity contribution in [3.8, 4) is 21.7 Å². The summed E-state index contributed by atoms with van der Waals surface area (Å²) >= 11 is 6.70. The lowest BCUT2D eigenvalue weighted by molar-refractivity contribution is 0.0529. The Hall–Kier alpha value is -3.29. The van der Waals surface area contributed by atoms with Crippen molar-refractivity contribution in [2.24, 2.45) is 0 Å². The molecule has 0 aliphatic carbocycles. The van der Waals surface area contributed by atoms with Crippen LogP contribution in [0.2, 0.25) is 0 Å². The van der Waals surface area contributed by atoms with Gasteiger partial charge in [0, 0.05) is 17.4 Å². The minimum absolute atomic E-state index is 0.292. The van der Waals surface area contributed by atoms with E-state index in [4.69, 9.17) is 17.0 Å². The van der Waals surface area contributed by atoms with E-state index in [1.165, 1.54) is 11.3 Å². The van der Waals surface area contributed by atoms with Gasteiger partial charge in [0.2, 0.25) is 0 Å². The third-order valence-electron chi connectivity index (χ3n) is 4.40. The topological polar surface area (TPSA) is 67.0 Å². The summed E-state index contributed by atoms with van der Waals surface area (Å²) < 4.78 is 5.81. The van der Waals surface area contributed by atoms with Gasteiger partial charge in [-0.3, -0.25) is 0 Å². The van der Waals surface area contributed by atoms with Crippen molar-refractivity contribution in [3.63, 3.8) is 0 Å². The number of esters is 1. The molecule has 0 radical (unpaired) electrons. The van der Waals surface area contributed by atoms with Crippen LogP contribution in [0.1, 0.15) is 17.3 Å². The number of hydrogen-bond acceptors (Lipinski definition) is 6. The number of hydrogen-bond donors (Lipinski definition) is 2. The van der Waals surface area contributed by atoms with Crippen LogP contribution in [-0.4, -0.2) is 22.5 Å². The smallest absolute Gasteiger partial charge is 0.341 e. The van der Waals surface area contributed by atoms with Gasteiger partial charge in [-0.1, -0.05) is 48.5 Å². The van der Waals surface area contributed by atoms with Crippen molar-refractivity contribution in [1.82, 2.24) is 9.97 Å². The number of nitrogens with zero attached hydrogens (tertiary/aromatic N) is 1. The molecular weight excluding hydrogens is 414 g/mol. The number of ether oxygens (including phenoxy) is 1. The highest BCUT2D eigenvalue weighted by molar-refractivity contribution is 7.71. The molecule has 0 aliphatic heterocycles. The SMILES string of the molecule is CCOC(=O)c1c(Nc2ccccc2)sc(-c2ccnc(=S)[nH]2)c1-c1ccccc1. The molecule has 30 heavy (non-hydrogen) atoms. The van der Waals surface area contributed by atoms with Gasteiger partial charge in [-0.15, -0.1) is 11.3 Å². The summed E-state index contributed by atoms with van der Waals surface area (Å²) in [5, 5.41) is 4.10. The van der Waals surface area contributed by atoms with Crippen molar-refractivity contribution in [1.29, 1.82) is 0 Å². The minimum Gasteiger partial charge on any atom is -0.462 e. The first-order valence-corrected chi connectivity index (χ1v) is 10.7. The first-order chi connectivity index (χ1) is 14.7. The summed E-state index contributed by atoms with van der Waals surface area (Å²) in [6.45, 7) is 2.10. The lowest BCUT2D eigenvalue weighted by Gasteiger charge is -2.10. The molecule has 4 rings (SSSR count). The molecule has 5 nitrogen and oxygen atoms in total. The van der Waals surface area contributed by atoms with Gasteiger partial charge in [-0.05, 0) is 42.9 Å². The first-order valence-electron chi connectivity index (χ1n) is 9.44. The fourth-order valence-corrected chi connectivity index (χ4v) is 4.52. The predicted octanol–water partition coefficient (Wildman–Crippen LogP) is 6.45. The van der Waals surface area contributed by atoms with Crippen molar-refractivity contribution in [2.75, 3.05) is 11.9 Å². The number of benzene rings is 2. The van der Waals surface area contributed by atoms with Crippen LogP contribution < -0.4 is 5.32 Å². The Bertz CT molecular complexity index is 1220. The monoisotopic (exact) mass is 433 g/mol. The molecule has 0 bridgehead atoms. The van der Waals surface area contributed by atoms with Crippen LogP contribution in [0.25, 0.3) is 21.7 Å². The van der Waals surface area contributed by atoms with Gasteiger partial charge in [-0.25, -0.2) is 9.78 Å². The Morgan fingerprint density at radius 3 is 2.47 bits per heavy atom. The van der Waals surface area contributed by atoms with Crippen LogP contribution in [0, 0.1) is 4.77 Å². The normalized spacial score (nSPS) is 10.6. The molecule has 150 valence electrons. The summed E-state index contributed by atoms with van der Waals surface area (Å²) in [6, 6.07) is 21.4. The zero-order chi connectivity index (χ0) is 20.9. The zero-order valence-corrected chi connectivity index (χ0v) is 17.8. The van der Waals surface area contributed by atoms with Crippen molar-refractivity contribution in [2.45, 2.75) is 6.92 Å². The van der Waals surface area contributed by atoms with E-state index in [0.717, 1.165) is 27.4 Å². The molecule has 2 aromatic heterocycles. The second-order valence-electron chi connectivity index (χ2n) is 6.38. The highest BCUT2D eigenvalue weighted by Crippen LogP contribution is 2.46. The van der Waals surface area contributed by atoms with Crippen molar-refractivity contribution < 1.29 is 9.53 Å². The molecule has 4 aromatic rings. The number of thiophene rings is 1. The van der Waals surface area contributed by atoms with Crippen LogP contribution in [-0.2, 0) is 4.74 Å². The summed E-state index contributed by atoms with van der Waals surface area (Å²) in [4.78, 5) is 21.2. The van der Waals surface area contributed by atoms with E-state index in [1.54, 1.807) is 13.1 Å². The number of nitrogens with one attached hydrogen (secondary N) is 2. The molecule has 0 spiro atoms. The third kappa shape index (κ3) is 4.17. The maximum atomic E-state index is 13.1. The Morgan fingerprint density at radius 1 is 1.10 bits per heavy atom. The van der Waals surface area contributed by atoms with Crippen molar-refractivity contribution >= 4 is 40.2 Å². The Morgan fingerprint density at radius 2 is 1.80 bits per heavy atom. The van der Waals surface area contributed by atoms with Gasteiger partial charge in [0.05, 0.1) is 17.2 Å². The largest absolute Gasteiger partial charge is 0.462 e. The second-order valence-corrected chi connectivity index (χ2v) is 7.78. The molecule has 0 fully saturated rings. The van der Waals surface area contributed by atoms with E-state index in [1.807, 2.05) is 66.7 Å². The number of aromatic amines is 1. The fraction of sp³-hybridized carbons (Fsp3) is 0.0870. The van der Waals surface area contributed by atoms with Gasteiger partial charge in [-0.2, -0.15) is 0 Å². The van der Waals surface area contributed by atoms with Crippen LogP contribution in [0.3, 0.4) is 0 Å². The number of aromatic nitrogens is 2. The summed E-state index contributed by atoms with van der Waals surface area (Å²) in [6.07, 6.45) is 1.66. The van der Waals surface area contributed by atoms with Gasteiger partial charge >= 0.3 is 5.97 Å². The zero-order valence-electron chi connectivity index (χ0n) is 16.2. The second kappa shape index (κ2) is 9.02. The summed E-state index contributed by atoms with van der Waals surface area (Å²) in [5.41, 5.74) is 3.91. The first kappa shape index (κ1) is 20.0. The molecule has 0 unspecified atom stereocenters. The number of anilines is 2. The fourth-order valence-electron chi connectivity index (χ4n) is 3.14.